The lowest BCUT2D eigenvalue weighted by molar-refractivity contribution is -0.124. The molecule has 1 amide bonds. The number of unbranched alkanes of at least 4 members (excludes halogenated alkanes) is 9. The quantitative estimate of drug-likeness (QED) is 0.202. The lowest BCUT2D eigenvalue weighted by atomic mass is 9.87. The van der Waals surface area contributed by atoms with Crippen LogP contribution in [-0.4, -0.2) is 34.9 Å². The van der Waals surface area contributed by atoms with Gasteiger partial charge in [0.25, 0.3) is 0 Å². The van der Waals surface area contributed by atoms with Crippen molar-refractivity contribution in [3.05, 3.63) is 0 Å². The molecule has 0 unspecified atom stereocenters. The summed E-state index contributed by atoms with van der Waals surface area (Å²) in [4.78, 5) is 12.5. The maximum absolute atomic E-state index is 12.5. The van der Waals surface area contributed by atoms with E-state index < -0.39 is 12.1 Å². The van der Waals surface area contributed by atoms with Gasteiger partial charge in [0.05, 0.1) is 18.8 Å². The predicted octanol–water partition coefficient (Wildman–Crippen LogP) is 6.23. The van der Waals surface area contributed by atoms with Gasteiger partial charge in [0.15, 0.2) is 0 Å². The first kappa shape index (κ1) is 29.4. The second kappa shape index (κ2) is 19.1. The lowest BCUT2D eigenvalue weighted by Crippen LogP contribution is -2.46. The normalized spacial score (nSPS) is 13.9. The molecule has 0 bridgehead atoms. The SMILES string of the molecule is CCCCCCCCCCCC[C@@H](O)[C@H](CO)NC(=O)CC(CC(C)C)CC(C)C. The van der Waals surface area contributed by atoms with Gasteiger partial charge in [-0.1, -0.05) is 98.8 Å². The average molecular weight is 428 g/mol. The number of carbonyl (C=O) groups is 1. The number of hydrogen-bond donors (Lipinski definition) is 3. The first-order valence-corrected chi connectivity index (χ1v) is 12.9. The van der Waals surface area contributed by atoms with E-state index in [1.165, 1.54) is 51.4 Å². The Balaban J connectivity index is 4.07. The van der Waals surface area contributed by atoms with Crippen molar-refractivity contribution in [3.63, 3.8) is 0 Å². The van der Waals surface area contributed by atoms with Gasteiger partial charge in [-0.05, 0) is 37.0 Å². The summed E-state index contributed by atoms with van der Waals surface area (Å²) in [7, 11) is 0. The number of carbonyl (C=O) groups excluding carboxylic acids is 1. The highest BCUT2D eigenvalue weighted by Gasteiger charge is 2.23. The number of rotatable bonds is 20. The van der Waals surface area contributed by atoms with Crippen molar-refractivity contribution in [2.24, 2.45) is 17.8 Å². The van der Waals surface area contributed by atoms with Gasteiger partial charge >= 0.3 is 0 Å². The zero-order valence-electron chi connectivity index (χ0n) is 20.8. The monoisotopic (exact) mass is 427 g/mol. The van der Waals surface area contributed by atoms with Crippen LogP contribution in [0.1, 0.15) is 125 Å². The zero-order chi connectivity index (χ0) is 22.8. The molecule has 2 atom stereocenters. The van der Waals surface area contributed by atoms with E-state index in [1.54, 1.807) is 0 Å². The van der Waals surface area contributed by atoms with Crippen LogP contribution in [0.2, 0.25) is 0 Å². The molecule has 0 saturated heterocycles. The van der Waals surface area contributed by atoms with Crippen LogP contribution in [-0.2, 0) is 4.79 Å². The molecule has 4 nitrogen and oxygen atoms in total. The average Bonchev–Trinajstić information content (AvgIpc) is 2.66. The van der Waals surface area contributed by atoms with Gasteiger partial charge in [-0.2, -0.15) is 0 Å². The number of aliphatic hydroxyl groups is 2. The molecule has 0 aromatic rings. The van der Waals surface area contributed by atoms with Gasteiger partial charge in [0, 0.05) is 6.42 Å². The highest BCUT2D eigenvalue weighted by Crippen LogP contribution is 2.23. The molecule has 0 aliphatic rings. The Labute approximate surface area is 187 Å². The third kappa shape index (κ3) is 17.1. The van der Waals surface area contributed by atoms with Crippen LogP contribution in [0.5, 0.6) is 0 Å². The van der Waals surface area contributed by atoms with E-state index in [9.17, 15) is 15.0 Å². The lowest BCUT2D eigenvalue weighted by Gasteiger charge is -2.25. The van der Waals surface area contributed by atoms with Gasteiger partial charge < -0.3 is 15.5 Å². The largest absolute Gasteiger partial charge is 0.394 e. The fraction of sp³-hybridized carbons (Fsp3) is 0.962. The van der Waals surface area contributed by atoms with E-state index in [4.69, 9.17) is 0 Å². The van der Waals surface area contributed by atoms with Gasteiger partial charge in [-0.25, -0.2) is 0 Å². The molecule has 180 valence electrons. The Morgan fingerprint density at radius 3 is 1.70 bits per heavy atom. The summed E-state index contributed by atoms with van der Waals surface area (Å²) in [6.07, 6.45) is 15.1. The van der Waals surface area contributed by atoms with Gasteiger partial charge in [0.2, 0.25) is 5.91 Å². The Hall–Kier alpha value is -0.610. The summed E-state index contributed by atoms with van der Waals surface area (Å²) in [5.74, 6) is 1.46. The number of nitrogens with one attached hydrogen (secondary N) is 1. The highest BCUT2D eigenvalue weighted by molar-refractivity contribution is 5.76. The summed E-state index contributed by atoms with van der Waals surface area (Å²) >= 11 is 0. The second-order valence-corrected chi connectivity index (χ2v) is 10.2. The minimum atomic E-state index is -0.665. The van der Waals surface area contributed by atoms with Crippen LogP contribution in [0.3, 0.4) is 0 Å². The molecule has 0 aromatic heterocycles. The summed E-state index contributed by atoms with van der Waals surface area (Å²) in [6, 6.07) is -0.546. The van der Waals surface area contributed by atoms with Crippen LogP contribution < -0.4 is 5.32 Å². The molecule has 3 N–H and O–H groups in total. The summed E-state index contributed by atoms with van der Waals surface area (Å²) < 4.78 is 0. The molecule has 0 radical (unpaired) electrons. The predicted molar refractivity (Wildman–Crippen MR) is 129 cm³/mol. The molecule has 0 saturated carbocycles. The molecule has 0 rings (SSSR count). The number of aliphatic hydroxyl groups excluding tert-OH is 2. The van der Waals surface area contributed by atoms with Crippen LogP contribution in [0.15, 0.2) is 0 Å². The van der Waals surface area contributed by atoms with E-state index in [1.807, 2.05) is 0 Å². The van der Waals surface area contributed by atoms with Gasteiger partial charge in [0.1, 0.15) is 0 Å². The van der Waals surface area contributed by atoms with Crippen molar-refractivity contribution in [3.8, 4) is 0 Å². The fourth-order valence-electron chi connectivity index (χ4n) is 4.43. The number of hydrogen-bond acceptors (Lipinski definition) is 3. The minimum absolute atomic E-state index is 0.0394. The highest BCUT2D eigenvalue weighted by atomic mass is 16.3. The van der Waals surface area contributed by atoms with Crippen molar-refractivity contribution in [1.82, 2.24) is 5.32 Å². The summed E-state index contributed by atoms with van der Waals surface area (Å²) in [5, 5.41) is 23.0. The van der Waals surface area contributed by atoms with Gasteiger partial charge in [-0.3, -0.25) is 4.79 Å². The molecule has 0 heterocycles. The maximum Gasteiger partial charge on any atom is 0.220 e. The molecular weight excluding hydrogens is 374 g/mol. The van der Waals surface area contributed by atoms with E-state index in [2.05, 4.69) is 39.9 Å². The van der Waals surface area contributed by atoms with Crippen molar-refractivity contribution in [2.45, 2.75) is 137 Å². The van der Waals surface area contributed by atoms with Crippen LogP contribution in [0, 0.1) is 17.8 Å². The molecule has 0 fully saturated rings. The van der Waals surface area contributed by atoms with Crippen LogP contribution in [0.25, 0.3) is 0 Å². The third-order valence-electron chi connectivity index (χ3n) is 5.94. The van der Waals surface area contributed by atoms with Crippen molar-refractivity contribution in [2.75, 3.05) is 6.61 Å². The summed E-state index contributed by atoms with van der Waals surface area (Å²) in [6.45, 7) is 10.8. The zero-order valence-corrected chi connectivity index (χ0v) is 20.8. The van der Waals surface area contributed by atoms with Crippen molar-refractivity contribution in [1.29, 1.82) is 0 Å². The third-order valence-corrected chi connectivity index (χ3v) is 5.94. The Bertz CT molecular complexity index is 388. The first-order valence-electron chi connectivity index (χ1n) is 12.9. The number of amides is 1. The van der Waals surface area contributed by atoms with Crippen LogP contribution in [0.4, 0.5) is 0 Å². The first-order chi connectivity index (χ1) is 14.3. The molecular formula is C26H53NO3. The molecule has 0 aliphatic heterocycles. The smallest absolute Gasteiger partial charge is 0.220 e. The maximum atomic E-state index is 12.5. The van der Waals surface area contributed by atoms with E-state index in [0.29, 0.717) is 30.6 Å². The van der Waals surface area contributed by atoms with Crippen LogP contribution >= 0.6 is 0 Å². The fourth-order valence-corrected chi connectivity index (χ4v) is 4.43. The molecule has 0 aliphatic carbocycles. The van der Waals surface area contributed by atoms with E-state index in [0.717, 1.165) is 25.7 Å². The Morgan fingerprint density at radius 1 is 0.800 bits per heavy atom. The topological polar surface area (TPSA) is 69.6 Å². The van der Waals surface area contributed by atoms with E-state index in [-0.39, 0.29) is 12.5 Å². The van der Waals surface area contributed by atoms with Gasteiger partial charge in [-0.15, -0.1) is 0 Å². The molecule has 4 heteroatoms. The van der Waals surface area contributed by atoms with Crippen molar-refractivity contribution >= 4 is 5.91 Å². The van der Waals surface area contributed by atoms with E-state index >= 15 is 0 Å². The molecule has 30 heavy (non-hydrogen) atoms. The minimum Gasteiger partial charge on any atom is -0.394 e. The summed E-state index contributed by atoms with van der Waals surface area (Å²) in [5.41, 5.74) is 0. The van der Waals surface area contributed by atoms with Crippen molar-refractivity contribution < 1.29 is 15.0 Å². The Kier molecular flexibility index (Phi) is 18.7. The molecule has 0 aromatic carbocycles. The molecule has 0 spiro atoms. The Morgan fingerprint density at radius 2 is 1.27 bits per heavy atom. The second-order valence-electron chi connectivity index (χ2n) is 10.2. The standard InChI is InChI=1S/C26H53NO3/c1-6-7-8-9-10-11-12-13-14-15-16-25(29)24(20-28)27-26(30)19-23(17-21(2)3)18-22(4)5/h21-25,28-29H,6-20H2,1-5H3,(H,27,30)/t24-,25+/m0/s1.